The number of unbranched alkanes of at least 4 members (excludes halogenated alkanes) is 2. The molecular weight excluding hydrogens is 266 g/mol. The number of hydrogen-bond donors (Lipinski definition) is 1. The van der Waals surface area contributed by atoms with Gasteiger partial charge in [0.05, 0.1) is 7.11 Å². The molecule has 0 aliphatic carbocycles. The van der Waals surface area contributed by atoms with E-state index in [9.17, 15) is 4.79 Å². The first kappa shape index (κ1) is 17.4. The van der Waals surface area contributed by atoms with Gasteiger partial charge in [-0.25, -0.2) is 14.8 Å². The second-order valence-corrected chi connectivity index (χ2v) is 6.18. The lowest BCUT2D eigenvalue weighted by molar-refractivity contribution is 0.0586. The normalized spacial score (nSPS) is 11.3. The molecule has 1 aromatic rings. The van der Waals surface area contributed by atoms with Gasteiger partial charge < -0.3 is 10.1 Å². The molecule has 0 spiro atoms. The highest BCUT2D eigenvalue weighted by Crippen LogP contribution is 2.24. The molecule has 1 rings (SSSR count). The molecule has 0 unspecified atom stereocenters. The van der Waals surface area contributed by atoms with Crippen molar-refractivity contribution in [2.75, 3.05) is 19.0 Å². The Morgan fingerprint density at radius 3 is 2.67 bits per heavy atom. The number of ether oxygens (including phenoxy) is 1. The second-order valence-electron chi connectivity index (χ2n) is 6.18. The van der Waals surface area contributed by atoms with Crippen molar-refractivity contribution in [1.29, 1.82) is 0 Å². The van der Waals surface area contributed by atoms with Crippen molar-refractivity contribution in [3.8, 4) is 0 Å². The Labute approximate surface area is 127 Å². The number of rotatable bonds is 8. The molecule has 0 atom stereocenters. The van der Waals surface area contributed by atoms with Gasteiger partial charge in [-0.1, -0.05) is 40.0 Å². The van der Waals surface area contributed by atoms with Crippen LogP contribution in [0.2, 0.25) is 0 Å². The van der Waals surface area contributed by atoms with Crippen LogP contribution in [-0.2, 0) is 4.74 Å². The minimum absolute atomic E-state index is 0.101. The molecule has 5 heteroatoms. The summed E-state index contributed by atoms with van der Waals surface area (Å²) in [4.78, 5) is 19.8. The molecule has 5 nitrogen and oxygen atoms in total. The number of esters is 1. The average molecular weight is 293 g/mol. The third-order valence-corrected chi connectivity index (χ3v) is 3.43. The van der Waals surface area contributed by atoms with E-state index in [1.165, 1.54) is 32.8 Å². The number of nitrogens with one attached hydrogen (secondary N) is 1. The minimum Gasteiger partial charge on any atom is -0.463 e. The lowest BCUT2D eigenvalue weighted by Gasteiger charge is -2.25. The zero-order chi connectivity index (χ0) is 15.9. The molecule has 0 saturated heterocycles. The van der Waals surface area contributed by atoms with Crippen LogP contribution in [0.25, 0.3) is 0 Å². The van der Waals surface area contributed by atoms with Crippen LogP contribution < -0.4 is 5.32 Å². The highest BCUT2D eigenvalue weighted by atomic mass is 16.5. The molecule has 0 aromatic carbocycles. The number of aryl methyl sites for hydroxylation is 1. The maximum Gasteiger partial charge on any atom is 0.376 e. The number of carbonyl (C=O) groups excluding carboxylic acids is 1. The number of aromatic nitrogens is 2. The van der Waals surface area contributed by atoms with E-state index in [4.69, 9.17) is 0 Å². The minimum atomic E-state index is -0.510. The van der Waals surface area contributed by atoms with Gasteiger partial charge in [0.25, 0.3) is 0 Å². The third kappa shape index (κ3) is 6.10. The van der Waals surface area contributed by atoms with Gasteiger partial charge in [0, 0.05) is 18.3 Å². The van der Waals surface area contributed by atoms with Crippen molar-refractivity contribution in [1.82, 2.24) is 9.97 Å². The van der Waals surface area contributed by atoms with E-state index in [1.54, 1.807) is 0 Å². The molecule has 118 valence electrons. The van der Waals surface area contributed by atoms with Gasteiger partial charge in [0.2, 0.25) is 5.82 Å². The monoisotopic (exact) mass is 293 g/mol. The topological polar surface area (TPSA) is 64.1 Å². The van der Waals surface area contributed by atoms with Gasteiger partial charge in [0.15, 0.2) is 0 Å². The summed E-state index contributed by atoms with van der Waals surface area (Å²) in [5, 5.41) is 3.31. The van der Waals surface area contributed by atoms with Gasteiger partial charge in [-0.05, 0) is 18.8 Å². The molecule has 1 heterocycles. The Morgan fingerprint density at radius 1 is 1.33 bits per heavy atom. The lowest BCUT2D eigenvalue weighted by atomic mass is 9.87. The summed E-state index contributed by atoms with van der Waals surface area (Å²) in [6.45, 7) is 9.35. The fourth-order valence-corrected chi connectivity index (χ4v) is 2.11. The fourth-order valence-electron chi connectivity index (χ4n) is 2.11. The van der Waals surface area contributed by atoms with Crippen molar-refractivity contribution in [2.45, 2.75) is 53.4 Å². The van der Waals surface area contributed by atoms with E-state index in [2.05, 4.69) is 40.8 Å². The van der Waals surface area contributed by atoms with E-state index in [1.807, 2.05) is 13.0 Å². The van der Waals surface area contributed by atoms with Crippen molar-refractivity contribution in [3.05, 3.63) is 17.6 Å². The second kappa shape index (κ2) is 7.96. The molecule has 1 N–H and O–H groups in total. The number of hydrogen-bond acceptors (Lipinski definition) is 5. The molecule has 0 fully saturated rings. The van der Waals surface area contributed by atoms with E-state index in [0.717, 1.165) is 12.2 Å². The van der Waals surface area contributed by atoms with Gasteiger partial charge in [-0.15, -0.1) is 0 Å². The summed E-state index contributed by atoms with van der Waals surface area (Å²) in [6, 6.07) is 1.84. The quantitative estimate of drug-likeness (QED) is 0.586. The SMILES string of the molecule is CCCCCC(C)(C)CNc1cc(C)nc(C(=O)OC)n1. The van der Waals surface area contributed by atoms with E-state index < -0.39 is 5.97 Å². The molecule has 0 amide bonds. The number of methoxy groups -OCH3 is 1. The molecule has 1 aromatic heterocycles. The highest BCUT2D eigenvalue weighted by molar-refractivity contribution is 5.85. The van der Waals surface area contributed by atoms with Crippen molar-refractivity contribution in [2.24, 2.45) is 5.41 Å². The lowest BCUT2D eigenvalue weighted by Crippen LogP contribution is -2.24. The Balaban J connectivity index is 2.66. The van der Waals surface area contributed by atoms with E-state index in [-0.39, 0.29) is 11.2 Å². The Kier molecular flexibility index (Phi) is 6.59. The Morgan fingerprint density at radius 2 is 2.05 bits per heavy atom. The maximum absolute atomic E-state index is 11.5. The molecule has 0 aliphatic heterocycles. The Hall–Kier alpha value is -1.65. The predicted octanol–water partition coefficient (Wildman–Crippen LogP) is 3.59. The summed E-state index contributed by atoms with van der Waals surface area (Å²) >= 11 is 0. The molecular formula is C16H27N3O2. The predicted molar refractivity (Wildman–Crippen MR) is 84.5 cm³/mol. The first-order valence-electron chi connectivity index (χ1n) is 7.56. The first-order chi connectivity index (χ1) is 9.88. The molecule has 0 aliphatic rings. The van der Waals surface area contributed by atoms with Gasteiger partial charge in [-0.2, -0.15) is 0 Å². The van der Waals surface area contributed by atoms with Gasteiger partial charge in [0.1, 0.15) is 5.82 Å². The third-order valence-electron chi connectivity index (χ3n) is 3.43. The summed E-state index contributed by atoms with van der Waals surface area (Å²) in [5.74, 6) is 0.263. The van der Waals surface area contributed by atoms with Crippen molar-refractivity contribution >= 4 is 11.8 Å². The van der Waals surface area contributed by atoms with Crippen LogP contribution in [0.1, 0.15) is 62.8 Å². The molecule has 0 radical (unpaired) electrons. The first-order valence-corrected chi connectivity index (χ1v) is 7.56. The zero-order valence-corrected chi connectivity index (χ0v) is 13.8. The Bertz CT molecular complexity index is 473. The van der Waals surface area contributed by atoms with E-state index in [0.29, 0.717) is 5.82 Å². The van der Waals surface area contributed by atoms with Crippen LogP contribution in [-0.4, -0.2) is 29.6 Å². The van der Waals surface area contributed by atoms with Gasteiger partial charge >= 0.3 is 5.97 Å². The van der Waals surface area contributed by atoms with Crippen LogP contribution in [0.5, 0.6) is 0 Å². The van der Waals surface area contributed by atoms with Crippen LogP contribution in [0.4, 0.5) is 5.82 Å². The zero-order valence-electron chi connectivity index (χ0n) is 13.8. The summed E-state index contributed by atoms with van der Waals surface area (Å²) in [5.41, 5.74) is 0.941. The number of nitrogens with zero attached hydrogens (tertiary/aromatic N) is 2. The fraction of sp³-hybridized carbons (Fsp3) is 0.688. The molecule has 0 saturated carbocycles. The summed E-state index contributed by atoms with van der Waals surface area (Å²) < 4.78 is 4.67. The van der Waals surface area contributed by atoms with Crippen LogP contribution >= 0.6 is 0 Å². The highest BCUT2D eigenvalue weighted by Gasteiger charge is 2.18. The maximum atomic E-state index is 11.5. The van der Waals surface area contributed by atoms with Gasteiger partial charge in [-0.3, -0.25) is 0 Å². The van der Waals surface area contributed by atoms with Crippen LogP contribution in [0.3, 0.4) is 0 Å². The largest absolute Gasteiger partial charge is 0.463 e. The van der Waals surface area contributed by atoms with Crippen molar-refractivity contribution in [3.63, 3.8) is 0 Å². The standard InChI is InChI=1S/C16H27N3O2/c1-6-7-8-9-16(3,4)11-17-13-10-12(2)18-14(19-13)15(20)21-5/h10H,6-9,11H2,1-5H3,(H,17,18,19). The molecule has 21 heavy (non-hydrogen) atoms. The van der Waals surface area contributed by atoms with E-state index >= 15 is 0 Å². The number of carbonyl (C=O) groups is 1. The molecule has 0 bridgehead atoms. The van der Waals surface area contributed by atoms with Crippen LogP contribution in [0.15, 0.2) is 6.07 Å². The number of anilines is 1. The smallest absolute Gasteiger partial charge is 0.376 e. The van der Waals surface area contributed by atoms with Crippen molar-refractivity contribution < 1.29 is 9.53 Å². The average Bonchev–Trinajstić information content (AvgIpc) is 2.44. The summed E-state index contributed by atoms with van der Waals surface area (Å²) in [6.07, 6.45) is 4.91. The van der Waals surface area contributed by atoms with Crippen LogP contribution in [0, 0.1) is 12.3 Å². The summed E-state index contributed by atoms with van der Waals surface area (Å²) in [7, 11) is 1.33.